The van der Waals surface area contributed by atoms with Crippen molar-refractivity contribution < 1.29 is 19.1 Å². The molecule has 2 aromatic rings. The molecule has 2 amide bonds. The Labute approximate surface area is 147 Å². The predicted molar refractivity (Wildman–Crippen MR) is 94.9 cm³/mol. The Bertz CT molecular complexity index is 704. The van der Waals surface area contributed by atoms with Gasteiger partial charge in [0.05, 0.1) is 13.7 Å². The van der Waals surface area contributed by atoms with Crippen molar-refractivity contribution in [3.8, 4) is 11.5 Å². The van der Waals surface area contributed by atoms with E-state index in [-0.39, 0.29) is 11.8 Å². The van der Waals surface area contributed by atoms with E-state index >= 15 is 0 Å². The van der Waals surface area contributed by atoms with Crippen LogP contribution in [0, 0.1) is 0 Å². The quantitative estimate of drug-likeness (QED) is 0.720. The number of nitrogens with one attached hydrogen (secondary N) is 2. The van der Waals surface area contributed by atoms with Crippen molar-refractivity contribution in [2.24, 2.45) is 0 Å². The van der Waals surface area contributed by atoms with E-state index in [4.69, 9.17) is 9.47 Å². The molecule has 0 saturated carbocycles. The van der Waals surface area contributed by atoms with Crippen LogP contribution in [-0.4, -0.2) is 38.1 Å². The molecule has 0 spiro atoms. The first kappa shape index (κ1) is 18.3. The fraction of sp³-hybridized carbons (Fsp3) is 0.263. The molecule has 1 unspecified atom stereocenters. The highest BCUT2D eigenvalue weighted by molar-refractivity contribution is 5.97. The Morgan fingerprint density at radius 2 is 1.64 bits per heavy atom. The number of methoxy groups -OCH3 is 1. The Morgan fingerprint density at radius 3 is 2.32 bits per heavy atom. The molecule has 0 fully saturated rings. The summed E-state index contributed by atoms with van der Waals surface area (Å²) in [4.78, 5) is 24.1. The molecule has 6 heteroatoms. The number of carbonyl (C=O) groups is 2. The molecule has 2 rings (SSSR count). The Morgan fingerprint density at radius 1 is 1.00 bits per heavy atom. The number of amides is 2. The van der Waals surface area contributed by atoms with Gasteiger partial charge in [-0.05, 0) is 31.2 Å². The monoisotopic (exact) mass is 342 g/mol. The Balaban J connectivity index is 1.73. The van der Waals surface area contributed by atoms with Gasteiger partial charge in [-0.2, -0.15) is 0 Å². The maximum Gasteiger partial charge on any atom is 0.251 e. The van der Waals surface area contributed by atoms with Crippen LogP contribution in [0.25, 0.3) is 0 Å². The van der Waals surface area contributed by atoms with E-state index in [9.17, 15) is 9.59 Å². The van der Waals surface area contributed by atoms with Crippen molar-refractivity contribution >= 4 is 11.8 Å². The fourth-order valence-electron chi connectivity index (χ4n) is 2.16. The van der Waals surface area contributed by atoms with Gasteiger partial charge in [0.15, 0.2) is 11.5 Å². The van der Waals surface area contributed by atoms with Crippen LogP contribution in [0.3, 0.4) is 0 Å². The van der Waals surface area contributed by atoms with Gasteiger partial charge in [0.1, 0.15) is 12.6 Å². The van der Waals surface area contributed by atoms with Crippen LogP contribution in [0.5, 0.6) is 11.5 Å². The van der Waals surface area contributed by atoms with Crippen LogP contribution in [0.1, 0.15) is 17.3 Å². The van der Waals surface area contributed by atoms with Crippen LogP contribution in [0.2, 0.25) is 0 Å². The standard InChI is InChI=1S/C19H22N2O4/c1-14(21-19(23)15-8-4-3-5-9-15)18(22)20-12-13-25-17-11-7-6-10-16(17)24-2/h3-11,14H,12-13H2,1-2H3,(H,20,22)(H,21,23). The summed E-state index contributed by atoms with van der Waals surface area (Å²) in [5.41, 5.74) is 0.515. The maximum atomic E-state index is 12.0. The summed E-state index contributed by atoms with van der Waals surface area (Å²) in [5.74, 6) is 0.698. The average Bonchev–Trinajstić information content (AvgIpc) is 2.65. The zero-order valence-corrected chi connectivity index (χ0v) is 14.3. The van der Waals surface area contributed by atoms with E-state index < -0.39 is 6.04 Å². The second-order valence-corrected chi connectivity index (χ2v) is 5.35. The van der Waals surface area contributed by atoms with Gasteiger partial charge in [0, 0.05) is 5.56 Å². The lowest BCUT2D eigenvalue weighted by Crippen LogP contribution is -2.45. The summed E-state index contributed by atoms with van der Waals surface area (Å²) < 4.78 is 10.8. The first-order valence-corrected chi connectivity index (χ1v) is 8.01. The molecule has 0 bridgehead atoms. The molecular weight excluding hydrogens is 320 g/mol. The molecule has 132 valence electrons. The maximum absolute atomic E-state index is 12.0. The Hall–Kier alpha value is -3.02. The fourth-order valence-corrected chi connectivity index (χ4v) is 2.16. The molecular formula is C19H22N2O4. The lowest BCUT2D eigenvalue weighted by molar-refractivity contribution is -0.122. The average molecular weight is 342 g/mol. The van der Waals surface area contributed by atoms with Gasteiger partial charge in [-0.25, -0.2) is 0 Å². The Kier molecular flexibility index (Phi) is 6.83. The minimum Gasteiger partial charge on any atom is -0.493 e. The minimum absolute atomic E-state index is 0.270. The van der Waals surface area contributed by atoms with Crippen LogP contribution in [0.15, 0.2) is 54.6 Å². The van der Waals surface area contributed by atoms with Crippen molar-refractivity contribution in [1.82, 2.24) is 10.6 Å². The third kappa shape index (κ3) is 5.53. The predicted octanol–water partition coefficient (Wildman–Crippen LogP) is 2.01. The highest BCUT2D eigenvalue weighted by Crippen LogP contribution is 2.25. The molecule has 0 aliphatic carbocycles. The van der Waals surface area contributed by atoms with E-state index in [0.29, 0.717) is 30.2 Å². The van der Waals surface area contributed by atoms with Crippen molar-refractivity contribution in [2.45, 2.75) is 13.0 Å². The highest BCUT2D eigenvalue weighted by atomic mass is 16.5. The molecule has 0 radical (unpaired) electrons. The van der Waals surface area contributed by atoms with Crippen LogP contribution in [0.4, 0.5) is 0 Å². The molecule has 0 aliphatic rings. The highest BCUT2D eigenvalue weighted by Gasteiger charge is 2.16. The number of para-hydroxylation sites is 2. The normalized spacial score (nSPS) is 11.3. The largest absolute Gasteiger partial charge is 0.493 e. The molecule has 0 aromatic heterocycles. The summed E-state index contributed by atoms with van der Waals surface area (Å²) in [5, 5.41) is 5.39. The van der Waals surface area contributed by atoms with Crippen LogP contribution >= 0.6 is 0 Å². The van der Waals surface area contributed by atoms with E-state index in [1.165, 1.54) is 0 Å². The number of benzene rings is 2. The summed E-state index contributed by atoms with van der Waals surface area (Å²) >= 11 is 0. The molecule has 6 nitrogen and oxygen atoms in total. The number of carbonyl (C=O) groups excluding carboxylic acids is 2. The zero-order valence-electron chi connectivity index (χ0n) is 14.3. The van der Waals surface area contributed by atoms with Gasteiger partial charge in [-0.1, -0.05) is 30.3 Å². The van der Waals surface area contributed by atoms with Crippen LogP contribution in [-0.2, 0) is 4.79 Å². The number of hydrogen-bond donors (Lipinski definition) is 2. The first-order chi connectivity index (χ1) is 12.1. The third-order valence-electron chi connectivity index (χ3n) is 3.50. The molecule has 1 atom stereocenters. The topological polar surface area (TPSA) is 76.7 Å². The zero-order chi connectivity index (χ0) is 18.1. The van der Waals surface area contributed by atoms with E-state index in [0.717, 1.165) is 0 Å². The summed E-state index contributed by atoms with van der Waals surface area (Å²) in [6, 6.07) is 15.4. The van der Waals surface area contributed by atoms with Crippen molar-refractivity contribution in [3.63, 3.8) is 0 Å². The molecule has 0 heterocycles. The van der Waals surface area contributed by atoms with Gasteiger partial charge < -0.3 is 20.1 Å². The van der Waals surface area contributed by atoms with Gasteiger partial charge >= 0.3 is 0 Å². The summed E-state index contributed by atoms with van der Waals surface area (Å²) in [6.07, 6.45) is 0. The minimum atomic E-state index is -0.640. The molecule has 0 aliphatic heterocycles. The second-order valence-electron chi connectivity index (χ2n) is 5.35. The number of rotatable bonds is 8. The molecule has 2 aromatic carbocycles. The van der Waals surface area contributed by atoms with Gasteiger partial charge in [0.2, 0.25) is 5.91 Å². The van der Waals surface area contributed by atoms with Crippen molar-refractivity contribution in [2.75, 3.05) is 20.3 Å². The lowest BCUT2D eigenvalue weighted by atomic mass is 10.2. The first-order valence-electron chi connectivity index (χ1n) is 8.01. The van der Waals surface area contributed by atoms with E-state index in [2.05, 4.69) is 10.6 Å². The summed E-state index contributed by atoms with van der Waals surface area (Å²) in [7, 11) is 1.57. The summed E-state index contributed by atoms with van der Waals surface area (Å²) in [6.45, 7) is 2.26. The SMILES string of the molecule is COc1ccccc1OCCNC(=O)C(C)NC(=O)c1ccccc1. The number of ether oxygens (including phenoxy) is 2. The third-order valence-corrected chi connectivity index (χ3v) is 3.50. The van der Waals surface area contributed by atoms with Gasteiger partial charge in [-0.15, -0.1) is 0 Å². The van der Waals surface area contributed by atoms with E-state index in [1.807, 2.05) is 18.2 Å². The molecule has 25 heavy (non-hydrogen) atoms. The van der Waals surface area contributed by atoms with Gasteiger partial charge in [-0.3, -0.25) is 9.59 Å². The number of hydrogen-bond acceptors (Lipinski definition) is 4. The second kappa shape index (κ2) is 9.32. The van der Waals surface area contributed by atoms with E-state index in [1.54, 1.807) is 50.4 Å². The van der Waals surface area contributed by atoms with Gasteiger partial charge in [0.25, 0.3) is 5.91 Å². The van der Waals surface area contributed by atoms with Crippen molar-refractivity contribution in [3.05, 3.63) is 60.2 Å². The smallest absolute Gasteiger partial charge is 0.251 e. The van der Waals surface area contributed by atoms with Crippen LogP contribution < -0.4 is 20.1 Å². The molecule has 2 N–H and O–H groups in total. The lowest BCUT2D eigenvalue weighted by Gasteiger charge is -2.15. The van der Waals surface area contributed by atoms with Crippen molar-refractivity contribution in [1.29, 1.82) is 0 Å². The molecule has 0 saturated heterocycles.